The van der Waals surface area contributed by atoms with Crippen LogP contribution in [0, 0.1) is 5.82 Å². The van der Waals surface area contributed by atoms with Crippen LogP contribution in [0.25, 0.3) is 0 Å². The van der Waals surface area contributed by atoms with E-state index in [1.54, 1.807) is 13.2 Å². The first-order valence-corrected chi connectivity index (χ1v) is 8.81. The Kier molecular flexibility index (Phi) is 6.52. The van der Waals surface area contributed by atoms with Gasteiger partial charge in [-0.05, 0) is 42.0 Å². The van der Waals surface area contributed by atoms with Gasteiger partial charge in [0, 0.05) is 17.8 Å². The lowest BCUT2D eigenvalue weighted by Crippen LogP contribution is -2.20. The number of halogens is 2. The third-order valence-corrected chi connectivity index (χ3v) is 4.28. The van der Waals surface area contributed by atoms with Gasteiger partial charge in [-0.1, -0.05) is 41.9 Å². The van der Waals surface area contributed by atoms with Crippen LogP contribution in [0.15, 0.2) is 66.7 Å². The molecule has 6 heteroatoms. The van der Waals surface area contributed by atoms with Crippen LogP contribution in [0.2, 0.25) is 5.02 Å². The van der Waals surface area contributed by atoms with Gasteiger partial charge in [0.25, 0.3) is 0 Å². The largest absolute Gasteiger partial charge is 0.493 e. The summed E-state index contributed by atoms with van der Waals surface area (Å²) >= 11 is 6.04. The van der Waals surface area contributed by atoms with Gasteiger partial charge >= 0.3 is 0 Å². The topological polar surface area (TPSA) is 42.5 Å². The van der Waals surface area contributed by atoms with Gasteiger partial charge in [-0.25, -0.2) is 9.82 Å². The van der Waals surface area contributed by atoms with E-state index in [0.717, 1.165) is 11.3 Å². The lowest BCUT2D eigenvalue weighted by Gasteiger charge is -2.14. The van der Waals surface area contributed by atoms with E-state index in [2.05, 4.69) is 10.9 Å². The second-order valence-corrected chi connectivity index (χ2v) is 6.26. The SMILES string of the molecule is COc1cc(CNNc2ccccc2)ccc1OCc1ccc(F)cc1Cl. The Morgan fingerprint density at radius 2 is 1.78 bits per heavy atom. The molecule has 0 heterocycles. The fourth-order valence-electron chi connectivity index (χ4n) is 2.51. The van der Waals surface area contributed by atoms with Crippen molar-refractivity contribution in [3.8, 4) is 11.5 Å². The van der Waals surface area contributed by atoms with E-state index in [4.69, 9.17) is 21.1 Å². The number of hydrazine groups is 1. The number of hydrogen-bond donors (Lipinski definition) is 2. The molecule has 0 unspecified atom stereocenters. The van der Waals surface area contributed by atoms with Crippen LogP contribution in [0.3, 0.4) is 0 Å². The van der Waals surface area contributed by atoms with Crippen LogP contribution in [-0.2, 0) is 13.2 Å². The second kappa shape index (κ2) is 9.26. The number of anilines is 1. The second-order valence-electron chi connectivity index (χ2n) is 5.85. The molecule has 27 heavy (non-hydrogen) atoms. The summed E-state index contributed by atoms with van der Waals surface area (Å²) in [5.41, 5.74) is 9.02. The third-order valence-electron chi connectivity index (χ3n) is 3.93. The summed E-state index contributed by atoms with van der Waals surface area (Å²) in [6, 6.07) is 19.8. The number of rotatable bonds is 8. The van der Waals surface area contributed by atoms with E-state index in [1.807, 2.05) is 48.5 Å². The Morgan fingerprint density at radius 1 is 0.963 bits per heavy atom. The number of nitrogens with one attached hydrogen (secondary N) is 2. The van der Waals surface area contributed by atoms with Crippen molar-refractivity contribution in [1.82, 2.24) is 5.43 Å². The summed E-state index contributed by atoms with van der Waals surface area (Å²) in [5, 5.41) is 0.335. The summed E-state index contributed by atoms with van der Waals surface area (Å²) in [7, 11) is 1.59. The standard InChI is InChI=1S/C21H20ClFN2O2/c1-26-21-11-15(13-24-25-18-5-3-2-4-6-18)7-10-20(21)27-14-16-8-9-17(23)12-19(16)22/h2-12,24-25H,13-14H2,1H3. The highest BCUT2D eigenvalue weighted by Crippen LogP contribution is 2.29. The predicted octanol–water partition coefficient (Wildman–Crippen LogP) is 5.18. The first-order valence-electron chi connectivity index (χ1n) is 8.43. The smallest absolute Gasteiger partial charge is 0.161 e. The zero-order valence-electron chi connectivity index (χ0n) is 14.8. The van der Waals surface area contributed by atoms with Crippen molar-refractivity contribution in [1.29, 1.82) is 0 Å². The van der Waals surface area contributed by atoms with Crippen molar-refractivity contribution < 1.29 is 13.9 Å². The monoisotopic (exact) mass is 386 g/mol. The van der Waals surface area contributed by atoms with Crippen LogP contribution in [0.4, 0.5) is 10.1 Å². The van der Waals surface area contributed by atoms with Crippen LogP contribution in [-0.4, -0.2) is 7.11 Å². The molecule has 140 valence electrons. The molecule has 0 bridgehead atoms. The first-order chi connectivity index (χ1) is 13.2. The molecule has 4 nitrogen and oxygen atoms in total. The van der Waals surface area contributed by atoms with Gasteiger partial charge < -0.3 is 14.9 Å². The maximum Gasteiger partial charge on any atom is 0.161 e. The maximum atomic E-state index is 13.1. The molecular formula is C21H20ClFN2O2. The lowest BCUT2D eigenvalue weighted by molar-refractivity contribution is 0.284. The van der Waals surface area contributed by atoms with Crippen LogP contribution < -0.4 is 20.3 Å². The Balaban J connectivity index is 1.60. The highest BCUT2D eigenvalue weighted by atomic mass is 35.5. The molecule has 0 spiro atoms. The number of methoxy groups -OCH3 is 1. The van der Waals surface area contributed by atoms with Crippen molar-refractivity contribution in [3.63, 3.8) is 0 Å². The van der Waals surface area contributed by atoms with Crippen molar-refractivity contribution in [2.45, 2.75) is 13.2 Å². The van der Waals surface area contributed by atoms with Gasteiger partial charge in [-0.2, -0.15) is 0 Å². The normalized spacial score (nSPS) is 10.5. The fraction of sp³-hybridized carbons (Fsp3) is 0.143. The quantitative estimate of drug-likeness (QED) is 0.523. The Labute approximate surface area is 162 Å². The number of para-hydroxylation sites is 1. The Bertz CT molecular complexity index is 891. The van der Waals surface area contributed by atoms with Gasteiger partial charge in [0.2, 0.25) is 0 Å². The van der Waals surface area contributed by atoms with Crippen LogP contribution in [0.5, 0.6) is 11.5 Å². The molecule has 0 aromatic heterocycles. The highest BCUT2D eigenvalue weighted by molar-refractivity contribution is 6.31. The van der Waals surface area contributed by atoms with Crippen LogP contribution in [0.1, 0.15) is 11.1 Å². The van der Waals surface area contributed by atoms with E-state index in [-0.39, 0.29) is 12.4 Å². The predicted molar refractivity (Wildman–Crippen MR) is 106 cm³/mol. The minimum absolute atomic E-state index is 0.225. The zero-order chi connectivity index (χ0) is 19.1. The summed E-state index contributed by atoms with van der Waals surface area (Å²) in [6.45, 7) is 0.831. The molecule has 0 saturated carbocycles. The lowest BCUT2D eigenvalue weighted by atomic mass is 10.2. The van der Waals surface area contributed by atoms with Crippen LogP contribution >= 0.6 is 11.6 Å². The minimum atomic E-state index is -0.373. The van der Waals surface area contributed by atoms with Crippen molar-refractivity contribution >= 4 is 17.3 Å². The van der Waals surface area contributed by atoms with E-state index >= 15 is 0 Å². The average Bonchev–Trinajstić information content (AvgIpc) is 2.68. The molecule has 0 amide bonds. The van der Waals surface area contributed by atoms with Crippen molar-refractivity contribution in [2.75, 3.05) is 12.5 Å². The molecule has 0 aliphatic heterocycles. The molecule has 2 N–H and O–H groups in total. The third kappa shape index (κ3) is 5.36. The maximum absolute atomic E-state index is 13.1. The van der Waals surface area contributed by atoms with Crippen molar-refractivity contribution in [3.05, 3.63) is 88.7 Å². The molecule has 3 aromatic carbocycles. The molecule has 3 rings (SSSR count). The molecule has 0 saturated heterocycles. The van der Waals surface area contributed by atoms with E-state index in [1.165, 1.54) is 12.1 Å². The molecule has 0 radical (unpaired) electrons. The van der Waals surface area contributed by atoms with Gasteiger partial charge in [-0.3, -0.25) is 0 Å². The van der Waals surface area contributed by atoms with Crippen molar-refractivity contribution in [2.24, 2.45) is 0 Å². The molecule has 0 aliphatic carbocycles. The number of ether oxygens (including phenoxy) is 2. The van der Waals surface area contributed by atoms with E-state index in [9.17, 15) is 4.39 Å². The average molecular weight is 387 g/mol. The summed E-state index contributed by atoms with van der Waals surface area (Å²) in [5.74, 6) is 0.840. The minimum Gasteiger partial charge on any atom is -0.493 e. The van der Waals surface area contributed by atoms with Gasteiger partial charge in [-0.15, -0.1) is 0 Å². The van der Waals surface area contributed by atoms with E-state index in [0.29, 0.717) is 28.6 Å². The Hall–Kier alpha value is -2.76. The molecule has 0 atom stereocenters. The van der Waals surface area contributed by atoms with E-state index < -0.39 is 0 Å². The summed E-state index contributed by atoms with van der Waals surface area (Å²) in [6.07, 6.45) is 0. The molecule has 3 aromatic rings. The van der Waals surface area contributed by atoms with Gasteiger partial charge in [0.05, 0.1) is 12.1 Å². The Morgan fingerprint density at radius 3 is 2.52 bits per heavy atom. The van der Waals surface area contributed by atoms with Gasteiger partial charge in [0.15, 0.2) is 11.5 Å². The summed E-state index contributed by atoms with van der Waals surface area (Å²) < 4.78 is 24.3. The number of benzene rings is 3. The fourth-order valence-corrected chi connectivity index (χ4v) is 2.73. The molecule has 0 fully saturated rings. The summed E-state index contributed by atoms with van der Waals surface area (Å²) in [4.78, 5) is 0. The number of hydrogen-bond acceptors (Lipinski definition) is 4. The van der Waals surface area contributed by atoms with Gasteiger partial charge in [0.1, 0.15) is 12.4 Å². The highest BCUT2D eigenvalue weighted by Gasteiger charge is 2.08. The first kappa shape index (κ1) is 19.0. The zero-order valence-corrected chi connectivity index (χ0v) is 15.6. The molecular weight excluding hydrogens is 367 g/mol. The molecule has 0 aliphatic rings.